The van der Waals surface area contributed by atoms with Crippen LogP contribution in [0.4, 0.5) is 11.4 Å². The molecule has 4 N–H and O–H groups in total. The summed E-state index contributed by atoms with van der Waals surface area (Å²) in [5.74, 6) is -0.440. The number of benzene rings is 2. The van der Waals surface area contributed by atoms with Crippen molar-refractivity contribution in [3.63, 3.8) is 0 Å². The highest BCUT2D eigenvalue weighted by atomic mass is 32.2. The Labute approximate surface area is 151 Å². The Bertz CT molecular complexity index is 944. The summed E-state index contributed by atoms with van der Waals surface area (Å²) in [6.07, 6.45) is 2.34. The molecule has 26 heavy (non-hydrogen) atoms. The molecule has 2 rings (SSSR count). The van der Waals surface area contributed by atoms with Gasteiger partial charge in [0.1, 0.15) is 22.9 Å². The number of rotatable bonds is 7. The van der Waals surface area contributed by atoms with Gasteiger partial charge >= 0.3 is 0 Å². The van der Waals surface area contributed by atoms with Crippen molar-refractivity contribution in [2.45, 2.75) is 9.79 Å². The van der Waals surface area contributed by atoms with Crippen LogP contribution in [-0.4, -0.2) is 40.9 Å². The first-order valence-corrected chi connectivity index (χ1v) is 8.84. The van der Waals surface area contributed by atoms with Gasteiger partial charge in [-0.25, -0.2) is 5.26 Å². The van der Waals surface area contributed by atoms with E-state index in [1.54, 1.807) is 0 Å². The molecule has 0 amide bonds. The van der Waals surface area contributed by atoms with Crippen molar-refractivity contribution < 1.29 is 37.8 Å². The third-order valence-electron chi connectivity index (χ3n) is 2.85. The van der Waals surface area contributed by atoms with Crippen LogP contribution in [0.25, 0.3) is 0 Å². The SMILES string of the molecule is O=S(=O)(O)c1ccc(O)c(N=CC=Nc2cc(SOOO)ccc2O)c1. The minimum Gasteiger partial charge on any atom is -0.506 e. The molecule has 0 fully saturated rings. The van der Waals surface area contributed by atoms with Crippen molar-refractivity contribution in [1.29, 1.82) is 0 Å². The molecule has 12 heteroatoms. The number of hydrogen-bond acceptors (Lipinski definition) is 10. The van der Waals surface area contributed by atoms with Crippen LogP contribution < -0.4 is 0 Å². The Kier molecular flexibility index (Phi) is 6.68. The summed E-state index contributed by atoms with van der Waals surface area (Å²) >= 11 is 0.681. The highest BCUT2D eigenvalue weighted by molar-refractivity contribution is 7.94. The summed E-state index contributed by atoms with van der Waals surface area (Å²) in [7, 11) is -4.43. The van der Waals surface area contributed by atoms with E-state index in [0.29, 0.717) is 16.9 Å². The second-order valence-electron chi connectivity index (χ2n) is 4.56. The fourth-order valence-corrected chi connectivity index (χ4v) is 2.60. The zero-order chi connectivity index (χ0) is 19.2. The second-order valence-corrected chi connectivity index (χ2v) is 6.75. The van der Waals surface area contributed by atoms with E-state index in [4.69, 9.17) is 9.81 Å². The van der Waals surface area contributed by atoms with E-state index >= 15 is 0 Å². The van der Waals surface area contributed by atoms with E-state index in [2.05, 4.69) is 19.4 Å². The van der Waals surface area contributed by atoms with Crippen LogP contribution in [0.15, 0.2) is 56.2 Å². The number of phenolic OH excluding ortho intramolecular Hbond substituents is 2. The number of hydrogen-bond donors (Lipinski definition) is 4. The third kappa shape index (κ3) is 5.52. The van der Waals surface area contributed by atoms with Crippen molar-refractivity contribution in [3.05, 3.63) is 36.4 Å². The lowest BCUT2D eigenvalue weighted by Gasteiger charge is -2.02. The number of aliphatic imine (C=N–C) groups is 2. The molecule has 0 radical (unpaired) electrons. The van der Waals surface area contributed by atoms with Gasteiger partial charge in [0.05, 0.1) is 16.9 Å². The van der Waals surface area contributed by atoms with Crippen molar-refractivity contribution in [2.24, 2.45) is 9.98 Å². The quantitative estimate of drug-likeness (QED) is 0.180. The number of aromatic hydroxyl groups is 2. The average molecular weight is 400 g/mol. The average Bonchev–Trinajstić information content (AvgIpc) is 2.59. The van der Waals surface area contributed by atoms with Crippen LogP contribution in [0.5, 0.6) is 11.5 Å². The second kappa shape index (κ2) is 8.75. The molecule has 0 aliphatic rings. The van der Waals surface area contributed by atoms with Gasteiger partial charge in [0, 0.05) is 17.3 Å². The Hall–Kier alpha value is -2.48. The predicted octanol–water partition coefficient (Wildman–Crippen LogP) is 2.88. The summed E-state index contributed by atoms with van der Waals surface area (Å²) in [5.41, 5.74) is 0.0486. The fourth-order valence-electron chi connectivity index (χ4n) is 1.71. The van der Waals surface area contributed by atoms with Crippen molar-refractivity contribution >= 4 is 46.0 Å². The molecule has 0 atom stereocenters. The Morgan fingerprint density at radius 1 is 0.962 bits per heavy atom. The molecule has 10 nitrogen and oxygen atoms in total. The first-order chi connectivity index (χ1) is 12.3. The lowest BCUT2D eigenvalue weighted by atomic mass is 10.3. The summed E-state index contributed by atoms with van der Waals surface area (Å²) in [6.45, 7) is 0. The van der Waals surface area contributed by atoms with Gasteiger partial charge in [0.2, 0.25) is 0 Å². The maximum Gasteiger partial charge on any atom is 0.294 e. The van der Waals surface area contributed by atoms with Crippen LogP contribution in [-0.2, 0) is 19.5 Å². The standard InChI is InChI=1S/C14H12N2O8S2/c17-13-3-1-9(25-24-23-19)7-11(13)15-5-6-16-12-8-10(26(20,21)22)2-4-14(12)18/h1-8,17-19H,(H,20,21,22). The normalized spacial score (nSPS) is 12.2. The molecule has 0 spiro atoms. The van der Waals surface area contributed by atoms with E-state index in [1.165, 1.54) is 24.4 Å². The van der Waals surface area contributed by atoms with E-state index in [9.17, 15) is 18.6 Å². The Morgan fingerprint density at radius 2 is 1.54 bits per heavy atom. The fraction of sp³-hybridized carbons (Fsp3) is 0. The number of phenols is 2. The summed E-state index contributed by atoms with van der Waals surface area (Å²) in [5, 5.41) is 31.0. The van der Waals surface area contributed by atoms with E-state index in [1.807, 2.05) is 0 Å². The molecule has 0 saturated heterocycles. The first-order valence-electron chi connectivity index (χ1n) is 6.66. The topological polar surface area (TPSA) is 158 Å². The molecule has 0 saturated carbocycles. The monoisotopic (exact) mass is 400 g/mol. The largest absolute Gasteiger partial charge is 0.506 e. The molecular weight excluding hydrogens is 388 g/mol. The lowest BCUT2D eigenvalue weighted by molar-refractivity contribution is -0.432. The van der Waals surface area contributed by atoms with E-state index < -0.39 is 15.0 Å². The zero-order valence-electron chi connectivity index (χ0n) is 12.8. The van der Waals surface area contributed by atoms with Crippen LogP contribution in [0, 0.1) is 0 Å². The molecule has 0 heterocycles. The molecule has 0 bridgehead atoms. The maximum absolute atomic E-state index is 11.1. The molecule has 0 aromatic heterocycles. The Balaban J connectivity index is 2.18. The van der Waals surface area contributed by atoms with Crippen LogP contribution in [0.1, 0.15) is 0 Å². The van der Waals surface area contributed by atoms with Crippen molar-refractivity contribution in [2.75, 3.05) is 0 Å². The van der Waals surface area contributed by atoms with Crippen LogP contribution in [0.2, 0.25) is 0 Å². The van der Waals surface area contributed by atoms with Gasteiger partial charge in [-0.2, -0.15) is 8.42 Å². The van der Waals surface area contributed by atoms with Gasteiger partial charge in [-0.15, -0.1) is 4.33 Å². The molecule has 2 aromatic carbocycles. The van der Waals surface area contributed by atoms with Crippen molar-refractivity contribution in [3.8, 4) is 11.5 Å². The van der Waals surface area contributed by atoms with Gasteiger partial charge in [0.25, 0.3) is 10.1 Å². The predicted molar refractivity (Wildman–Crippen MR) is 93.0 cm³/mol. The zero-order valence-corrected chi connectivity index (χ0v) is 14.4. The van der Waals surface area contributed by atoms with Crippen molar-refractivity contribution in [1.82, 2.24) is 0 Å². The van der Waals surface area contributed by atoms with Gasteiger partial charge in [-0.05, 0) is 36.4 Å². The Morgan fingerprint density at radius 3 is 2.12 bits per heavy atom. The molecule has 138 valence electrons. The number of nitrogens with zero attached hydrogens (tertiary/aromatic N) is 2. The summed E-state index contributed by atoms with van der Waals surface area (Å²) < 4.78 is 35.4. The minimum atomic E-state index is -4.43. The summed E-state index contributed by atoms with van der Waals surface area (Å²) in [6, 6.07) is 7.34. The molecule has 0 aliphatic heterocycles. The third-order valence-corrected chi connectivity index (χ3v) is 4.27. The van der Waals surface area contributed by atoms with Gasteiger partial charge in [-0.3, -0.25) is 14.5 Å². The van der Waals surface area contributed by atoms with E-state index in [0.717, 1.165) is 24.4 Å². The van der Waals surface area contributed by atoms with Crippen LogP contribution in [0.3, 0.4) is 0 Å². The van der Waals surface area contributed by atoms with Gasteiger partial charge < -0.3 is 10.2 Å². The molecule has 0 aliphatic carbocycles. The van der Waals surface area contributed by atoms with E-state index in [-0.39, 0.29) is 22.9 Å². The first kappa shape index (κ1) is 19.8. The molecule has 0 unspecified atom stereocenters. The minimum absolute atomic E-state index is 0.103. The highest BCUT2D eigenvalue weighted by Crippen LogP contribution is 2.32. The van der Waals surface area contributed by atoms with Crippen LogP contribution >= 0.6 is 12.0 Å². The van der Waals surface area contributed by atoms with Gasteiger partial charge in [0.15, 0.2) is 0 Å². The highest BCUT2D eigenvalue weighted by Gasteiger charge is 2.11. The molecule has 2 aromatic rings. The molecular formula is C14H12N2O8S2. The summed E-state index contributed by atoms with van der Waals surface area (Å²) in [4.78, 5) is 7.83. The smallest absolute Gasteiger partial charge is 0.294 e. The lowest BCUT2D eigenvalue weighted by Crippen LogP contribution is -1.97. The maximum atomic E-state index is 11.1. The van der Waals surface area contributed by atoms with Gasteiger partial charge in [-0.1, -0.05) is 5.04 Å².